The Morgan fingerprint density at radius 2 is 1.67 bits per heavy atom. The van der Waals surface area contributed by atoms with E-state index in [1.54, 1.807) is 18.2 Å². The van der Waals surface area contributed by atoms with Crippen LogP contribution < -0.4 is 0 Å². The lowest BCUT2D eigenvalue weighted by atomic mass is 9.96. The number of carbonyl (C=O) groups excluding carboxylic acids is 1. The van der Waals surface area contributed by atoms with Crippen LogP contribution in [0.4, 0.5) is 0 Å². The number of hydrogen-bond acceptors (Lipinski definition) is 3. The van der Waals surface area contributed by atoms with Gasteiger partial charge in [0.05, 0.1) is 15.6 Å². The van der Waals surface area contributed by atoms with Crippen molar-refractivity contribution in [3.63, 3.8) is 0 Å². The van der Waals surface area contributed by atoms with Crippen molar-refractivity contribution in [2.45, 2.75) is 22.6 Å². The van der Waals surface area contributed by atoms with Crippen LogP contribution in [0.1, 0.15) is 6.92 Å². The minimum absolute atomic E-state index is 0.00915. The SMILES string of the molecule is CC1=C(Cl)C(=O)C(Cl)C(Cl)C1=NS(=O)(=O)c1ccccc1. The standard InChI is InChI=1S/C13H10Cl3NO3S/c1-7-9(14)13(18)11(16)10(15)12(7)17-21(19,20)8-5-3-2-4-6-8/h2-6,10-11H,1H3. The van der Waals surface area contributed by atoms with Gasteiger partial charge in [-0.25, -0.2) is 0 Å². The number of sulfonamides is 1. The zero-order valence-corrected chi connectivity index (χ0v) is 13.8. The number of Topliss-reactive ketones (excluding diaryl/α,β-unsaturated/α-hetero) is 1. The van der Waals surface area contributed by atoms with E-state index in [4.69, 9.17) is 34.8 Å². The van der Waals surface area contributed by atoms with Gasteiger partial charge in [-0.2, -0.15) is 12.8 Å². The molecule has 4 nitrogen and oxygen atoms in total. The van der Waals surface area contributed by atoms with Gasteiger partial charge >= 0.3 is 0 Å². The fraction of sp³-hybridized carbons (Fsp3) is 0.231. The van der Waals surface area contributed by atoms with Gasteiger partial charge in [-0.15, -0.1) is 23.2 Å². The summed E-state index contributed by atoms with van der Waals surface area (Å²) in [6, 6.07) is 7.67. The maximum absolute atomic E-state index is 12.2. The summed E-state index contributed by atoms with van der Waals surface area (Å²) in [4.78, 5) is 11.7. The van der Waals surface area contributed by atoms with E-state index in [9.17, 15) is 13.2 Å². The monoisotopic (exact) mass is 365 g/mol. The van der Waals surface area contributed by atoms with Crippen LogP contribution >= 0.6 is 34.8 Å². The highest BCUT2D eigenvalue weighted by Gasteiger charge is 2.38. The average molecular weight is 367 g/mol. The maximum Gasteiger partial charge on any atom is 0.282 e. The van der Waals surface area contributed by atoms with Crippen molar-refractivity contribution < 1.29 is 13.2 Å². The van der Waals surface area contributed by atoms with Crippen molar-refractivity contribution >= 4 is 56.3 Å². The lowest BCUT2D eigenvalue weighted by Gasteiger charge is -2.23. The molecule has 0 bridgehead atoms. The minimum atomic E-state index is -3.95. The van der Waals surface area contributed by atoms with Gasteiger partial charge < -0.3 is 0 Å². The van der Waals surface area contributed by atoms with Gasteiger partial charge in [0.2, 0.25) is 0 Å². The van der Waals surface area contributed by atoms with E-state index in [2.05, 4.69) is 4.40 Å². The third-order valence-electron chi connectivity index (χ3n) is 2.96. The van der Waals surface area contributed by atoms with E-state index in [1.165, 1.54) is 19.1 Å². The number of ketones is 1. The summed E-state index contributed by atoms with van der Waals surface area (Å²) in [6.07, 6.45) is 0. The summed E-state index contributed by atoms with van der Waals surface area (Å²) >= 11 is 17.8. The molecule has 1 aromatic rings. The zero-order valence-electron chi connectivity index (χ0n) is 10.8. The molecule has 8 heteroatoms. The highest BCUT2D eigenvalue weighted by Crippen LogP contribution is 2.31. The summed E-state index contributed by atoms with van der Waals surface area (Å²) in [7, 11) is -3.95. The van der Waals surface area contributed by atoms with Crippen LogP contribution in [0.15, 0.2) is 50.2 Å². The van der Waals surface area contributed by atoms with Crippen LogP contribution in [0.3, 0.4) is 0 Å². The van der Waals surface area contributed by atoms with E-state index in [-0.39, 0.29) is 21.2 Å². The lowest BCUT2D eigenvalue weighted by molar-refractivity contribution is -0.114. The molecule has 0 saturated carbocycles. The Labute approximate surface area is 137 Å². The highest BCUT2D eigenvalue weighted by molar-refractivity contribution is 7.90. The molecule has 0 radical (unpaired) electrons. The number of benzene rings is 1. The predicted molar refractivity (Wildman–Crippen MR) is 83.9 cm³/mol. The second kappa shape index (κ2) is 6.08. The van der Waals surface area contributed by atoms with Crippen molar-refractivity contribution in [1.82, 2.24) is 0 Å². The minimum Gasteiger partial charge on any atom is -0.291 e. The molecule has 112 valence electrons. The summed E-state index contributed by atoms with van der Waals surface area (Å²) in [5, 5.41) is -2.35. The average Bonchev–Trinajstić information content (AvgIpc) is 2.48. The Kier molecular flexibility index (Phi) is 4.78. The van der Waals surface area contributed by atoms with Gasteiger partial charge in [-0.1, -0.05) is 29.8 Å². The topological polar surface area (TPSA) is 63.6 Å². The van der Waals surface area contributed by atoms with Crippen molar-refractivity contribution in [2.24, 2.45) is 4.40 Å². The van der Waals surface area contributed by atoms with E-state index < -0.39 is 26.6 Å². The first-order valence-corrected chi connectivity index (χ1v) is 8.54. The number of rotatable bonds is 2. The van der Waals surface area contributed by atoms with Crippen LogP contribution in [0.2, 0.25) is 0 Å². The summed E-state index contributed by atoms with van der Waals surface area (Å²) in [5.41, 5.74) is 0.211. The van der Waals surface area contributed by atoms with Gasteiger partial charge in [0.15, 0.2) is 5.78 Å². The Balaban J connectivity index is 2.57. The number of halogens is 3. The summed E-state index contributed by atoms with van der Waals surface area (Å²) < 4.78 is 28.2. The molecule has 0 fully saturated rings. The summed E-state index contributed by atoms with van der Waals surface area (Å²) in [6.45, 7) is 1.48. The Morgan fingerprint density at radius 1 is 1.10 bits per heavy atom. The van der Waals surface area contributed by atoms with Gasteiger partial charge in [-0.05, 0) is 24.6 Å². The number of alkyl halides is 2. The number of carbonyl (C=O) groups is 1. The molecule has 2 rings (SSSR count). The zero-order chi connectivity index (χ0) is 15.8. The summed E-state index contributed by atoms with van der Waals surface area (Å²) in [5.74, 6) is -0.535. The molecule has 0 aromatic heterocycles. The van der Waals surface area contributed by atoms with E-state index in [1.807, 2.05) is 0 Å². The molecular weight excluding hydrogens is 357 g/mol. The second-order valence-corrected chi connectivity index (χ2v) is 7.29. The quantitative estimate of drug-likeness (QED) is 0.755. The molecule has 0 heterocycles. The fourth-order valence-electron chi connectivity index (χ4n) is 1.79. The van der Waals surface area contributed by atoms with Gasteiger partial charge in [-0.3, -0.25) is 4.79 Å². The van der Waals surface area contributed by atoms with Gasteiger partial charge in [0, 0.05) is 0 Å². The van der Waals surface area contributed by atoms with Crippen LogP contribution in [0.5, 0.6) is 0 Å². The first-order valence-electron chi connectivity index (χ1n) is 5.84. The van der Waals surface area contributed by atoms with Crippen LogP contribution in [0, 0.1) is 0 Å². The van der Waals surface area contributed by atoms with Crippen LogP contribution in [-0.2, 0) is 14.8 Å². The first kappa shape index (κ1) is 16.5. The van der Waals surface area contributed by atoms with Crippen molar-refractivity contribution in [1.29, 1.82) is 0 Å². The number of nitrogens with zero attached hydrogens (tertiary/aromatic N) is 1. The molecule has 1 aliphatic carbocycles. The molecule has 2 atom stereocenters. The molecule has 0 spiro atoms. The van der Waals surface area contributed by atoms with E-state index in [0.717, 1.165) is 0 Å². The third kappa shape index (κ3) is 3.16. The molecule has 0 aliphatic heterocycles. The molecular formula is C13H10Cl3NO3S. The van der Waals surface area contributed by atoms with Gasteiger partial charge in [0.25, 0.3) is 10.0 Å². The maximum atomic E-state index is 12.2. The molecule has 21 heavy (non-hydrogen) atoms. The largest absolute Gasteiger partial charge is 0.291 e. The Hall–Kier alpha value is -0.880. The van der Waals surface area contributed by atoms with E-state index >= 15 is 0 Å². The number of hydrogen-bond donors (Lipinski definition) is 0. The van der Waals surface area contributed by atoms with Crippen molar-refractivity contribution in [3.05, 3.63) is 40.9 Å². The lowest BCUT2D eigenvalue weighted by Crippen LogP contribution is -2.38. The Morgan fingerprint density at radius 3 is 2.24 bits per heavy atom. The molecule has 2 unspecified atom stereocenters. The molecule has 1 aromatic carbocycles. The van der Waals surface area contributed by atoms with Crippen LogP contribution in [-0.4, -0.2) is 30.7 Å². The number of allylic oxidation sites excluding steroid dienone is 2. The predicted octanol–water partition coefficient (Wildman–Crippen LogP) is 3.13. The highest BCUT2D eigenvalue weighted by atomic mass is 35.5. The van der Waals surface area contributed by atoms with Crippen molar-refractivity contribution in [3.8, 4) is 0 Å². The second-order valence-electron chi connectivity index (χ2n) is 4.37. The fourth-order valence-corrected chi connectivity index (χ4v) is 3.79. The first-order chi connectivity index (χ1) is 9.75. The van der Waals surface area contributed by atoms with E-state index in [0.29, 0.717) is 0 Å². The molecule has 0 saturated heterocycles. The third-order valence-corrected chi connectivity index (χ3v) is 5.77. The van der Waals surface area contributed by atoms with Gasteiger partial charge in [0.1, 0.15) is 10.8 Å². The smallest absolute Gasteiger partial charge is 0.282 e. The molecule has 0 N–H and O–H groups in total. The van der Waals surface area contributed by atoms with Crippen molar-refractivity contribution in [2.75, 3.05) is 0 Å². The molecule has 1 aliphatic rings. The Bertz CT molecular complexity index is 741. The molecule has 0 amide bonds. The normalized spacial score (nSPS) is 25.5. The van der Waals surface area contributed by atoms with Crippen LogP contribution in [0.25, 0.3) is 0 Å².